The minimum Gasteiger partial charge on any atom is -0.462 e. The lowest BCUT2D eigenvalue weighted by Crippen LogP contribution is -2.15. The van der Waals surface area contributed by atoms with Crippen LogP contribution >= 0.6 is 0 Å². The molecule has 0 aliphatic carbocycles. The highest BCUT2D eigenvalue weighted by Gasteiger charge is 2.18. The van der Waals surface area contributed by atoms with Crippen molar-refractivity contribution in [1.29, 1.82) is 0 Å². The third kappa shape index (κ3) is 4.04. The van der Waals surface area contributed by atoms with Gasteiger partial charge in [0.2, 0.25) is 5.91 Å². The molecule has 0 spiro atoms. The van der Waals surface area contributed by atoms with Crippen LogP contribution < -0.4 is 5.32 Å². The van der Waals surface area contributed by atoms with Gasteiger partial charge in [0.05, 0.1) is 22.8 Å². The van der Waals surface area contributed by atoms with Crippen molar-refractivity contribution in [2.75, 3.05) is 11.9 Å². The van der Waals surface area contributed by atoms with Gasteiger partial charge in [-0.1, -0.05) is 6.92 Å². The van der Waals surface area contributed by atoms with Crippen molar-refractivity contribution in [2.45, 2.75) is 26.7 Å². The smallest absolute Gasteiger partial charge is 0.340 e. The molecule has 1 aromatic carbocycles. The molecule has 0 aliphatic rings. The number of hydrogen-bond donors (Lipinski definition) is 1. The lowest BCUT2D eigenvalue weighted by molar-refractivity contribution is -0.384. The highest BCUT2D eigenvalue weighted by Crippen LogP contribution is 2.23. The number of carbonyl (C=O) groups is 2. The van der Waals surface area contributed by atoms with E-state index in [0.717, 1.165) is 6.07 Å². The molecule has 1 N–H and O–H groups in total. The molecular weight excluding hydrogens is 264 g/mol. The predicted molar refractivity (Wildman–Crippen MR) is 72.6 cm³/mol. The largest absolute Gasteiger partial charge is 0.462 e. The fourth-order valence-corrected chi connectivity index (χ4v) is 1.58. The van der Waals surface area contributed by atoms with Crippen LogP contribution in [0.15, 0.2) is 18.2 Å². The minimum absolute atomic E-state index is 0.0936. The van der Waals surface area contributed by atoms with Crippen LogP contribution in [0.2, 0.25) is 0 Å². The number of non-ortho nitro benzene ring substituents is 1. The Kier molecular flexibility index (Phi) is 5.64. The molecule has 0 saturated carbocycles. The lowest BCUT2D eigenvalue weighted by Gasteiger charge is -2.10. The molecule has 0 atom stereocenters. The van der Waals surface area contributed by atoms with E-state index < -0.39 is 10.9 Å². The van der Waals surface area contributed by atoms with Crippen LogP contribution in [-0.4, -0.2) is 23.4 Å². The first-order chi connectivity index (χ1) is 9.49. The zero-order valence-electron chi connectivity index (χ0n) is 11.3. The van der Waals surface area contributed by atoms with Gasteiger partial charge in [-0.05, 0) is 19.4 Å². The summed E-state index contributed by atoms with van der Waals surface area (Å²) < 4.78 is 4.85. The molecule has 0 saturated heterocycles. The second-order valence-electron chi connectivity index (χ2n) is 4.01. The highest BCUT2D eigenvalue weighted by atomic mass is 16.6. The van der Waals surface area contributed by atoms with Crippen LogP contribution in [0, 0.1) is 10.1 Å². The topological polar surface area (TPSA) is 98.5 Å². The summed E-state index contributed by atoms with van der Waals surface area (Å²) in [6.45, 7) is 3.66. The molecule has 0 heterocycles. The maximum Gasteiger partial charge on any atom is 0.340 e. The summed E-state index contributed by atoms with van der Waals surface area (Å²) in [4.78, 5) is 33.5. The maximum absolute atomic E-state index is 11.7. The van der Waals surface area contributed by atoms with E-state index >= 15 is 0 Å². The number of anilines is 1. The van der Waals surface area contributed by atoms with Gasteiger partial charge in [-0.15, -0.1) is 0 Å². The Labute approximate surface area is 116 Å². The van der Waals surface area contributed by atoms with Gasteiger partial charge in [-0.2, -0.15) is 0 Å². The van der Waals surface area contributed by atoms with E-state index in [1.807, 2.05) is 6.92 Å². The fourth-order valence-electron chi connectivity index (χ4n) is 1.58. The molecule has 1 rings (SSSR count). The number of nitro groups is 1. The molecular formula is C13H16N2O5. The quantitative estimate of drug-likeness (QED) is 0.490. The Morgan fingerprint density at radius 1 is 1.35 bits per heavy atom. The Morgan fingerprint density at radius 2 is 2.05 bits per heavy atom. The summed E-state index contributed by atoms with van der Waals surface area (Å²) in [7, 11) is 0. The van der Waals surface area contributed by atoms with Crippen LogP contribution in [0.3, 0.4) is 0 Å². The van der Waals surface area contributed by atoms with Crippen molar-refractivity contribution < 1.29 is 19.2 Å². The Bertz CT molecular complexity index is 527. The summed E-state index contributed by atoms with van der Waals surface area (Å²) in [6, 6.07) is 3.62. The lowest BCUT2D eigenvalue weighted by atomic mass is 10.1. The summed E-state index contributed by atoms with van der Waals surface area (Å²) in [5.41, 5.74) is -0.0112. The molecule has 7 nitrogen and oxygen atoms in total. The summed E-state index contributed by atoms with van der Waals surface area (Å²) >= 11 is 0. The van der Waals surface area contributed by atoms with Crippen molar-refractivity contribution in [3.63, 3.8) is 0 Å². The zero-order chi connectivity index (χ0) is 15.1. The maximum atomic E-state index is 11.7. The molecule has 1 aromatic rings. The number of nitrogens with one attached hydrogen (secondary N) is 1. The highest BCUT2D eigenvalue weighted by molar-refractivity contribution is 6.01. The van der Waals surface area contributed by atoms with Crippen LogP contribution in [0.5, 0.6) is 0 Å². The van der Waals surface area contributed by atoms with Gasteiger partial charge < -0.3 is 10.1 Å². The number of esters is 1. The minimum atomic E-state index is -0.630. The third-order valence-corrected chi connectivity index (χ3v) is 2.46. The molecule has 0 fully saturated rings. The van der Waals surface area contributed by atoms with Crippen LogP contribution in [0.25, 0.3) is 0 Å². The van der Waals surface area contributed by atoms with Gasteiger partial charge in [0.1, 0.15) is 0 Å². The molecule has 0 unspecified atom stereocenters. The fraction of sp³-hybridized carbons (Fsp3) is 0.385. The van der Waals surface area contributed by atoms with Gasteiger partial charge in [-0.3, -0.25) is 14.9 Å². The zero-order valence-corrected chi connectivity index (χ0v) is 11.3. The van der Waals surface area contributed by atoms with E-state index in [2.05, 4.69) is 5.32 Å². The predicted octanol–water partition coefficient (Wildman–Crippen LogP) is 2.51. The summed E-state index contributed by atoms with van der Waals surface area (Å²) in [6.07, 6.45) is 0.903. The summed E-state index contributed by atoms with van der Waals surface area (Å²) in [5, 5.41) is 13.3. The second kappa shape index (κ2) is 7.22. The molecule has 0 bridgehead atoms. The molecule has 1 amide bonds. The standard InChI is InChI=1S/C13H16N2O5/c1-3-5-12(16)14-11-8-9(15(18)19)6-7-10(11)13(17)20-4-2/h6-8H,3-5H2,1-2H3,(H,14,16). The van der Waals surface area contributed by atoms with E-state index in [0.29, 0.717) is 6.42 Å². The molecule has 20 heavy (non-hydrogen) atoms. The summed E-state index contributed by atoms with van der Waals surface area (Å²) in [5.74, 6) is -0.937. The van der Waals surface area contributed by atoms with Gasteiger partial charge in [0.25, 0.3) is 5.69 Å². The number of hydrogen-bond acceptors (Lipinski definition) is 5. The van der Waals surface area contributed by atoms with Crippen LogP contribution in [0.4, 0.5) is 11.4 Å². The van der Waals surface area contributed by atoms with E-state index in [1.54, 1.807) is 6.92 Å². The van der Waals surface area contributed by atoms with Gasteiger partial charge in [-0.25, -0.2) is 4.79 Å². The van der Waals surface area contributed by atoms with Crippen molar-refractivity contribution in [2.24, 2.45) is 0 Å². The number of benzene rings is 1. The van der Waals surface area contributed by atoms with E-state index in [1.165, 1.54) is 12.1 Å². The van der Waals surface area contributed by atoms with E-state index in [-0.39, 0.29) is 35.9 Å². The van der Waals surface area contributed by atoms with Crippen molar-refractivity contribution in [1.82, 2.24) is 0 Å². The van der Waals surface area contributed by atoms with Crippen molar-refractivity contribution in [3.8, 4) is 0 Å². The first-order valence-corrected chi connectivity index (χ1v) is 6.25. The molecule has 108 valence electrons. The number of carbonyl (C=O) groups excluding carboxylic acids is 2. The van der Waals surface area contributed by atoms with Gasteiger partial charge in [0.15, 0.2) is 0 Å². The first kappa shape index (κ1) is 15.6. The van der Waals surface area contributed by atoms with Gasteiger partial charge >= 0.3 is 5.97 Å². The number of nitrogens with zero attached hydrogens (tertiary/aromatic N) is 1. The number of amides is 1. The Morgan fingerprint density at radius 3 is 2.60 bits per heavy atom. The second-order valence-corrected chi connectivity index (χ2v) is 4.01. The average Bonchev–Trinajstić information content (AvgIpc) is 2.39. The first-order valence-electron chi connectivity index (χ1n) is 6.25. The molecule has 0 aliphatic heterocycles. The van der Waals surface area contributed by atoms with Crippen molar-refractivity contribution >= 4 is 23.3 Å². The van der Waals surface area contributed by atoms with E-state index in [9.17, 15) is 19.7 Å². The van der Waals surface area contributed by atoms with Crippen LogP contribution in [0.1, 0.15) is 37.0 Å². The number of ether oxygens (including phenoxy) is 1. The SMILES string of the molecule is CCCC(=O)Nc1cc([N+](=O)[O-])ccc1C(=O)OCC. The number of rotatable bonds is 6. The molecule has 0 radical (unpaired) electrons. The average molecular weight is 280 g/mol. The van der Waals surface area contributed by atoms with Crippen molar-refractivity contribution in [3.05, 3.63) is 33.9 Å². The molecule has 7 heteroatoms. The molecule has 0 aromatic heterocycles. The third-order valence-electron chi connectivity index (χ3n) is 2.46. The Hall–Kier alpha value is -2.44. The number of nitro benzene ring substituents is 1. The van der Waals surface area contributed by atoms with Crippen LogP contribution in [-0.2, 0) is 9.53 Å². The Balaban J connectivity index is 3.12. The monoisotopic (exact) mass is 280 g/mol. The van der Waals surface area contributed by atoms with Gasteiger partial charge in [0, 0.05) is 18.6 Å². The van der Waals surface area contributed by atoms with E-state index in [4.69, 9.17) is 4.74 Å². The normalized spacial score (nSPS) is 9.90.